The normalized spacial score (nSPS) is 10.1. The zero-order valence-corrected chi connectivity index (χ0v) is 9.15. The fourth-order valence-corrected chi connectivity index (χ4v) is 1.30. The van der Waals surface area contributed by atoms with Crippen LogP contribution >= 0.6 is 0 Å². The molecule has 0 radical (unpaired) electrons. The molecule has 0 fully saturated rings. The van der Waals surface area contributed by atoms with Crippen molar-refractivity contribution in [2.24, 2.45) is 7.05 Å². The molecule has 0 N–H and O–H groups in total. The first-order valence-electron chi connectivity index (χ1n) is 4.76. The molecular formula is C11H14N2O2. The van der Waals surface area contributed by atoms with Crippen LogP contribution in [-0.4, -0.2) is 11.2 Å². The SMILES string of the molecule is CC(C)c1cn(C)c(=O)cc1OCC#N. The lowest BCUT2D eigenvalue weighted by atomic mass is 10.0. The van der Waals surface area contributed by atoms with E-state index in [1.807, 2.05) is 19.9 Å². The van der Waals surface area contributed by atoms with E-state index in [-0.39, 0.29) is 18.1 Å². The molecule has 0 amide bonds. The van der Waals surface area contributed by atoms with Gasteiger partial charge < -0.3 is 9.30 Å². The average molecular weight is 206 g/mol. The molecule has 15 heavy (non-hydrogen) atoms. The summed E-state index contributed by atoms with van der Waals surface area (Å²) in [4.78, 5) is 11.4. The molecule has 4 heteroatoms. The number of nitrogens with zero attached hydrogens (tertiary/aromatic N) is 2. The second kappa shape index (κ2) is 4.65. The summed E-state index contributed by atoms with van der Waals surface area (Å²) in [6, 6.07) is 3.31. The topological polar surface area (TPSA) is 55.0 Å². The van der Waals surface area contributed by atoms with Crippen molar-refractivity contribution >= 4 is 0 Å². The second-order valence-corrected chi connectivity index (χ2v) is 3.64. The highest BCUT2D eigenvalue weighted by Crippen LogP contribution is 2.23. The van der Waals surface area contributed by atoms with Crippen LogP contribution in [0.2, 0.25) is 0 Å². The summed E-state index contributed by atoms with van der Waals surface area (Å²) < 4.78 is 6.72. The van der Waals surface area contributed by atoms with Gasteiger partial charge in [0.1, 0.15) is 11.8 Å². The Labute approximate surface area is 88.7 Å². The Bertz CT molecular complexity index is 441. The van der Waals surface area contributed by atoms with Crippen molar-refractivity contribution in [3.63, 3.8) is 0 Å². The molecule has 0 aliphatic rings. The molecular weight excluding hydrogens is 192 g/mol. The maximum atomic E-state index is 11.4. The zero-order valence-electron chi connectivity index (χ0n) is 9.15. The molecule has 0 spiro atoms. The Morgan fingerprint density at radius 1 is 1.60 bits per heavy atom. The quantitative estimate of drug-likeness (QED) is 0.751. The van der Waals surface area contributed by atoms with Crippen molar-refractivity contribution in [1.29, 1.82) is 5.26 Å². The third-order valence-corrected chi connectivity index (χ3v) is 2.13. The average Bonchev–Trinajstić information content (AvgIpc) is 2.19. The van der Waals surface area contributed by atoms with E-state index in [0.717, 1.165) is 5.56 Å². The van der Waals surface area contributed by atoms with Crippen LogP contribution in [0.25, 0.3) is 0 Å². The smallest absolute Gasteiger partial charge is 0.253 e. The number of nitriles is 1. The lowest BCUT2D eigenvalue weighted by molar-refractivity contribution is 0.360. The highest BCUT2D eigenvalue weighted by atomic mass is 16.5. The van der Waals surface area contributed by atoms with Gasteiger partial charge in [0.25, 0.3) is 5.56 Å². The van der Waals surface area contributed by atoms with Gasteiger partial charge in [-0.15, -0.1) is 0 Å². The Balaban J connectivity index is 3.17. The summed E-state index contributed by atoms with van der Waals surface area (Å²) in [5.41, 5.74) is 0.805. The predicted molar refractivity (Wildman–Crippen MR) is 56.9 cm³/mol. The van der Waals surface area contributed by atoms with E-state index in [9.17, 15) is 4.79 Å². The highest BCUT2D eigenvalue weighted by Gasteiger charge is 2.09. The number of rotatable bonds is 3. The number of ether oxygens (including phenoxy) is 1. The monoisotopic (exact) mass is 206 g/mol. The van der Waals surface area contributed by atoms with Crippen LogP contribution in [0.3, 0.4) is 0 Å². The summed E-state index contributed by atoms with van der Waals surface area (Å²) in [7, 11) is 1.70. The molecule has 1 heterocycles. The fraction of sp³-hybridized carbons (Fsp3) is 0.455. The molecule has 0 bridgehead atoms. The van der Waals surface area contributed by atoms with Crippen molar-refractivity contribution in [2.75, 3.05) is 6.61 Å². The van der Waals surface area contributed by atoms with Crippen LogP contribution in [0.4, 0.5) is 0 Å². The van der Waals surface area contributed by atoms with Gasteiger partial charge in [-0.1, -0.05) is 13.8 Å². The minimum absolute atomic E-state index is 0.0348. The minimum Gasteiger partial charge on any atom is -0.478 e. The molecule has 0 aromatic carbocycles. The van der Waals surface area contributed by atoms with Crippen molar-refractivity contribution in [3.8, 4) is 11.8 Å². The summed E-state index contributed by atoms with van der Waals surface area (Å²) in [6.07, 6.45) is 1.75. The molecule has 1 aromatic heterocycles. The van der Waals surface area contributed by atoms with Crippen LogP contribution in [0.1, 0.15) is 25.3 Å². The number of hydrogen-bond acceptors (Lipinski definition) is 3. The van der Waals surface area contributed by atoms with Gasteiger partial charge in [0.2, 0.25) is 0 Å². The van der Waals surface area contributed by atoms with E-state index in [0.29, 0.717) is 5.75 Å². The minimum atomic E-state index is -0.132. The first kappa shape index (κ1) is 11.3. The number of aromatic nitrogens is 1. The molecule has 1 aromatic rings. The molecule has 0 saturated heterocycles. The summed E-state index contributed by atoms with van der Waals surface area (Å²) in [6.45, 7) is 3.99. The number of hydrogen-bond donors (Lipinski definition) is 0. The van der Waals surface area contributed by atoms with Crippen LogP contribution < -0.4 is 10.3 Å². The van der Waals surface area contributed by atoms with E-state index >= 15 is 0 Å². The maximum Gasteiger partial charge on any atom is 0.253 e. The Kier molecular flexibility index (Phi) is 3.51. The van der Waals surface area contributed by atoms with Crippen molar-refractivity contribution < 1.29 is 4.74 Å². The Morgan fingerprint density at radius 3 is 2.80 bits per heavy atom. The van der Waals surface area contributed by atoms with Crippen LogP contribution in [0, 0.1) is 11.3 Å². The molecule has 0 saturated carbocycles. The fourth-order valence-electron chi connectivity index (χ4n) is 1.30. The largest absolute Gasteiger partial charge is 0.478 e. The second-order valence-electron chi connectivity index (χ2n) is 3.64. The molecule has 1 rings (SSSR count). The first-order valence-corrected chi connectivity index (χ1v) is 4.76. The van der Waals surface area contributed by atoms with E-state index in [1.54, 1.807) is 13.2 Å². The highest BCUT2D eigenvalue weighted by molar-refractivity contribution is 5.33. The predicted octanol–water partition coefficient (Wildman–Crippen LogP) is 1.41. The van der Waals surface area contributed by atoms with Gasteiger partial charge in [-0.2, -0.15) is 5.26 Å². The van der Waals surface area contributed by atoms with Crippen LogP contribution in [0.5, 0.6) is 5.75 Å². The van der Waals surface area contributed by atoms with Crippen molar-refractivity contribution in [2.45, 2.75) is 19.8 Å². The van der Waals surface area contributed by atoms with Gasteiger partial charge in [-0.05, 0) is 5.92 Å². The number of pyridine rings is 1. The lowest BCUT2D eigenvalue weighted by Gasteiger charge is -2.13. The summed E-state index contributed by atoms with van der Waals surface area (Å²) in [5, 5.41) is 8.42. The van der Waals surface area contributed by atoms with E-state index in [2.05, 4.69) is 0 Å². The van der Waals surface area contributed by atoms with Gasteiger partial charge in [0, 0.05) is 24.9 Å². The Morgan fingerprint density at radius 2 is 2.27 bits per heavy atom. The van der Waals surface area contributed by atoms with Gasteiger partial charge >= 0.3 is 0 Å². The van der Waals surface area contributed by atoms with Crippen molar-refractivity contribution in [3.05, 3.63) is 28.2 Å². The van der Waals surface area contributed by atoms with E-state index < -0.39 is 0 Å². The Hall–Kier alpha value is -1.76. The molecule has 0 aliphatic heterocycles. The van der Waals surface area contributed by atoms with Crippen LogP contribution in [0.15, 0.2) is 17.1 Å². The molecule has 0 atom stereocenters. The van der Waals surface area contributed by atoms with Crippen molar-refractivity contribution in [1.82, 2.24) is 4.57 Å². The lowest BCUT2D eigenvalue weighted by Crippen LogP contribution is -2.17. The molecule has 0 aliphatic carbocycles. The third-order valence-electron chi connectivity index (χ3n) is 2.13. The van der Waals surface area contributed by atoms with Gasteiger partial charge in [-0.25, -0.2) is 0 Å². The first-order chi connectivity index (χ1) is 7.06. The maximum absolute atomic E-state index is 11.4. The van der Waals surface area contributed by atoms with E-state index in [1.165, 1.54) is 10.6 Å². The molecule has 80 valence electrons. The van der Waals surface area contributed by atoms with Gasteiger partial charge in [0.15, 0.2) is 6.61 Å². The summed E-state index contributed by atoms with van der Waals surface area (Å²) in [5.74, 6) is 0.764. The molecule has 4 nitrogen and oxygen atoms in total. The number of aryl methyl sites for hydroxylation is 1. The zero-order chi connectivity index (χ0) is 11.4. The standard InChI is InChI=1S/C11H14N2O2/c1-8(2)9-7-13(3)11(14)6-10(9)15-5-4-12/h6-8H,5H2,1-3H3. The van der Waals surface area contributed by atoms with E-state index in [4.69, 9.17) is 10.00 Å². The van der Waals surface area contributed by atoms with Gasteiger partial charge in [0.05, 0.1) is 0 Å². The third kappa shape index (κ3) is 2.59. The van der Waals surface area contributed by atoms with Gasteiger partial charge in [-0.3, -0.25) is 4.79 Å². The van der Waals surface area contributed by atoms with Crippen LogP contribution in [-0.2, 0) is 7.05 Å². The summed E-state index contributed by atoms with van der Waals surface area (Å²) >= 11 is 0. The molecule has 0 unspecified atom stereocenters.